The van der Waals surface area contributed by atoms with Gasteiger partial charge in [0.1, 0.15) is 6.04 Å². The molecule has 1 atom stereocenters. The topological polar surface area (TPSA) is 49.4 Å². The highest BCUT2D eigenvalue weighted by molar-refractivity contribution is 6.31. The van der Waals surface area contributed by atoms with Crippen molar-refractivity contribution in [2.75, 3.05) is 0 Å². The SMILES string of the molecule is CCCC(=O)N(Cc1ccccc1)[C@@H](C(=O)NCc1ccccc1Cl)c1ccccc1. The second kappa shape index (κ2) is 11.3. The molecule has 0 bridgehead atoms. The van der Waals surface area contributed by atoms with Crippen LogP contribution in [0, 0.1) is 0 Å². The van der Waals surface area contributed by atoms with Gasteiger partial charge >= 0.3 is 0 Å². The summed E-state index contributed by atoms with van der Waals surface area (Å²) >= 11 is 6.25. The normalized spacial score (nSPS) is 11.5. The molecule has 0 fully saturated rings. The number of nitrogens with one attached hydrogen (secondary N) is 1. The Bertz CT molecular complexity index is 993. The molecule has 3 rings (SSSR count). The van der Waals surface area contributed by atoms with Crippen LogP contribution in [0.2, 0.25) is 5.02 Å². The minimum atomic E-state index is -0.733. The van der Waals surface area contributed by atoms with Crippen LogP contribution >= 0.6 is 11.6 Å². The lowest BCUT2D eigenvalue weighted by Crippen LogP contribution is -2.43. The molecule has 0 aliphatic heterocycles. The maximum Gasteiger partial charge on any atom is 0.247 e. The maximum atomic E-state index is 13.4. The van der Waals surface area contributed by atoms with Gasteiger partial charge < -0.3 is 10.2 Å². The van der Waals surface area contributed by atoms with E-state index in [1.54, 1.807) is 11.0 Å². The van der Waals surface area contributed by atoms with Crippen molar-refractivity contribution in [1.82, 2.24) is 10.2 Å². The lowest BCUT2D eigenvalue weighted by molar-refractivity contribution is -0.141. The van der Waals surface area contributed by atoms with Gasteiger partial charge in [-0.2, -0.15) is 0 Å². The molecule has 0 radical (unpaired) electrons. The average Bonchev–Trinajstić information content (AvgIpc) is 2.79. The summed E-state index contributed by atoms with van der Waals surface area (Å²) in [5.74, 6) is -0.278. The quantitative estimate of drug-likeness (QED) is 0.481. The van der Waals surface area contributed by atoms with Crippen molar-refractivity contribution >= 4 is 23.4 Å². The molecule has 3 aromatic carbocycles. The number of amides is 2. The number of carbonyl (C=O) groups is 2. The lowest BCUT2D eigenvalue weighted by atomic mass is 10.0. The number of nitrogens with zero attached hydrogens (tertiary/aromatic N) is 1. The summed E-state index contributed by atoms with van der Waals surface area (Å²) in [6.45, 7) is 2.62. The van der Waals surface area contributed by atoms with Gasteiger partial charge in [0.2, 0.25) is 11.8 Å². The average molecular weight is 435 g/mol. The van der Waals surface area contributed by atoms with Crippen molar-refractivity contribution in [3.63, 3.8) is 0 Å². The summed E-state index contributed by atoms with van der Waals surface area (Å²) in [5.41, 5.74) is 2.59. The van der Waals surface area contributed by atoms with Crippen LogP contribution in [0.25, 0.3) is 0 Å². The Balaban J connectivity index is 1.91. The van der Waals surface area contributed by atoms with Crippen LogP contribution in [-0.2, 0) is 22.7 Å². The maximum absolute atomic E-state index is 13.4. The highest BCUT2D eigenvalue weighted by atomic mass is 35.5. The number of carbonyl (C=O) groups excluding carboxylic acids is 2. The first-order chi connectivity index (χ1) is 15.1. The molecule has 1 N–H and O–H groups in total. The standard InChI is InChI=1S/C26H27ClN2O2/c1-2-11-24(30)29(19-20-12-5-3-6-13-20)25(21-14-7-4-8-15-21)26(31)28-18-22-16-9-10-17-23(22)27/h3-10,12-17,25H,2,11,18-19H2,1H3,(H,28,31)/t25-/m1/s1. The van der Waals surface area contributed by atoms with Crippen molar-refractivity contribution in [2.24, 2.45) is 0 Å². The largest absolute Gasteiger partial charge is 0.350 e. The van der Waals surface area contributed by atoms with Crippen molar-refractivity contribution in [3.8, 4) is 0 Å². The Hall–Kier alpha value is -3.11. The molecule has 0 heterocycles. The third-order valence-electron chi connectivity index (χ3n) is 5.07. The molecular weight excluding hydrogens is 408 g/mol. The molecule has 4 nitrogen and oxygen atoms in total. The first-order valence-electron chi connectivity index (χ1n) is 10.5. The van der Waals surface area contributed by atoms with Crippen LogP contribution in [0.15, 0.2) is 84.9 Å². The molecular formula is C26H27ClN2O2. The predicted octanol–water partition coefficient (Wildman–Crippen LogP) is 5.53. The van der Waals surface area contributed by atoms with E-state index in [0.29, 0.717) is 31.0 Å². The van der Waals surface area contributed by atoms with Crippen LogP contribution in [0.4, 0.5) is 0 Å². The number of halogens is 1. The first kappa shape index (κ1) is 22.6. The molecule has 0 spiro atoms. The van der Waals surface area contributed by atoms with E-state index in [-0.39, 0.29) is 11.8 Å². The Kier molecular flexibility index (Phi) is 8.25. The number of hydrogen-bond donors (Lipinski definition) is 1. The molecule has 0 unspecified atom stereocenters. The van der Waals surface area contributed by atoms with Crippen LogP contribution in [-0.4, -0.2) is 16.7 Å². The van der Waals surface area contributed by atoms with Crippen molar-refractivity contribution in [2.45, 2.75) is 38.9 Å². The molecule has 0 saturated heterocycles. The van der Waals surface area contributed by atoms with Gasteiger partial charge in [0, 0.05) is 24.5 Å². The number of rotatable bonds is 9. The summed E-state index contributed by atoms with van der Waals surface area (Å²) in [4.78, 5) is 28.2. The highest BCUT2D eigenvalue weighted by Crippen LogP contribution is 2.25. The zero-order valence-electron chi connectivity index (χ0n) is 17.6. The summed E-state index contributed by atoms with van der Waals surface area (Å²) in [5, 5.41) is 3.58. The second-order valence-corrected chi connectivity index (χ2v) is 7.79. The Morgan fingerprint density at radius 3 is 2.16 bits per heavy atom. The summed E-state index contributed by atoms with van der Waals surface area (Å²) in [7, 11) is 0. The van der Waals surface area contributed by atoms with E-state index in [1.807, 2.05) is 85.8 Å². The Morgan fingerprint density at radius 2 is 1.52 bits per heavy atom. The minimum Gasteiger partial charge on any atom is -0.350 e. The van der Waals surface area contributed by atoms with E-state index in [9.17, 15) is 9.59 Å². The van der Waals surface area contributed by atoms with Gasteiger partial charge in [0.05, 0.1) is 0 Å². The molecule has 0 saturated carbocycles. The molecule has 3 aromatic rings. The number of hydrogen-bond acceptors (Lipinski definition) is 2. The lowest BCUT2D eigenvalue weighted by Gasteiger charge is -2.31. The molecule has 5 heteroatoms. The third kappa shape index (κ3) is 6.19. The summed E-state index contributed by atoms with van der Waals surface area (Å²) < 4.78 is 0. The van der Waals surface area contributed by atoms with E-state index in [1.165, 1.54) is 0 Å². The first-order valence-corrected chi connectivity index (χ1v) is 10.9. The van der Waals surface area contributed by atoms with E-state index in [0.717, 1.165) is 16.7 Å². The van der Waals surface area contributed by atoms with Gasteiger partial charge in [-0.3, -0.25) is 9.59 Å². The monoisotopic (exact) mass is 434 g/mol. The molecule has 2 amide bonds. The summed E-state index contributed by atoms with van der Waals surface area (Å²) in [6.07, 6.45) is 1.10. The third-order valence-corrected chi connectivity index (χ3v) is 5.43. The fourth-order valence-corrected chi connectivity index (χ4v) is 3.69. The minimum absolute atomic E-state index is 0.0481. The van der Waals surface area contributed by atoms with Gasteiger partial charge in [-0.15, -0.1) is 0 Å². The summed E-state index contributed by atoms with van der Waals surface area (Å²) in [6, 6.07) is 25.9. The van der Waals surface area contributed by atoms with Crippen LogP contribution in [0.1, 0.15) is 42.5 Å². The second-order valence-electron chi connectivity index (χ2n) is 7.38. The zero-order chi connectivity index (χ0) is 22.1. The Morgan fingerprint density at radius 1 is 0.903 bits per heavy atom. The predicted molar refractivity (Wildman–Crippen MR) is 124 cm³/mol. The Labute approximate surface area is 188 Å². The fraction of sp³-hybridized carbons (Fsp3) is 0.231. The van der Waals surface area contributed by atoms with E-state index in [4.69, 9.17) is 11.6 Å². The smallest absolute Gasteiger partial charge is 0.247 e. The van der Waals surface area contributed by atoms with Crippen LogP contribution < -0.4 is 5.32 Å². The fourth-order valence-electron chi connectivity index (χ4n) is 3.49. The van der Waals surface area contributed by atoms with Crippen molar-refractivity contribution in [3.05, 3.63) is 107 Å². The van der Waals surface area contributed by atoms with E-state index in [2.05, 4.69) is 5.32 Å². The van der Waals surface area contributed by atoms with E-state index >= 15 is 0 Å². The van der Waals surface area contributed by atoms with Gasteiger partial charge in [-0.25, -0.2) is 0 Å². The van der Waals surface area contributed by atoms with Crippen LogP contribution in [0.5, 0.6) is 0 Å². The molecule has 0 aromatic heterocycles. The van der Waals surface area contributed by atoms with Crippen LogP contribution in [0.3, 0.4) is 0 Å². The van der Waals surface area contributed by atoms with Gasteiger partial charge in [0.25, 0.3) is 0 Å². The molecule has 0 aliphatic rings. The number of benzene rings is 3. The van der Waals surface area contributed by atoms with Crippen molar-refractivity contribution < 1.29 is 9.59 Å². The van der Waals surface area contributed by atoms with Gasteiger partial charge in [-0.1, -0.05) is 97.4 Å². The van der Waals surface area contributed by atoms with Crippen molar-refractivity contribution in [1.29, 1.82) is 0 Å². The molecule has 0 aliphatic carbocycles. The molecule has 160 valence electrons. The van der Waals surface area contributed by atoms with Gasteiger partial charge in [0.15, 0.2) is 0 Å². The van der Waals surface area contributed by atoms with E-state index < -0.39 is 6.04 Å². The molecule has 31 heavy (non-hydrogen) atoms. The van der Waals surface area contributed by atoms with Gasteiger partial charge in [-0.05, 0) is 29.2 Å². The zero-order valence-corrected chi connectivity index (χ0v) is 18.4. The highest BCUT2D eigenvalue weighted by Gasteiger charge is 2.31.